The molecule has 2 nitrogen and oxygen atoms in total. The minimum atomic E-state index is -2.58. The van der Waals surface area contributed by atoms with Crippen LogP contribution >= 0.6 is 0 Å². The van der Waals surface area contributed by atoms with Gasteiger partial charge in [0, 0.05) is 6.20 Å². The Morgan fingerprint density at radius 1 is 1.38 bits per heavy atom. The Morgan fingerprint density at radius 3 is 2.46 bits per heavy atom. The summed E-state index contributed by atoms with van der Waals surface area (Å²) in [5.41, 5.74) is 1.08. The van der Waals surface area contributed by atoms with Gasteiger partial charge in [0.05, 0.1) is 5.56 Å². The Morgan fingerprint density at radius 2 is 2.00 bits per heavy atom. The molecule has 1 heterocycles. The second-order valence-electron chi connectivity index (χ2n) is 2.72. The van der Waals surface area contributed by atoms with Crippen LogP contribution in [0.2, 0.25) is 0 Å². The van der Waals surface area contributed by atoms with Crippen molar-refractivity contribution in [1.82, 2.24) is 4.98 Å². The standard InChI is InChI=1S/C9H8F2N2/c1-5-6(2)8(9(10)11)13-4-7(5)3-12/h4,9H,1-2H3. The molecule has 0 aromatic carbocycles. The van der Waals surface area contributed by atoms with Gasteiger partial charge in [-0.15, -0.1) is 0 Å². The van der Waals surface area contributed by atoms with Gasteiger partial charge in [-0.25, -0.2) is 8.78 Å². The van der Waals surface area contributed by atoms with Gasteiger partial charge in [-0.2, -0.15) is 5.26 Å². The molecule has 13 heavy (non-hydrogen) atoms. The first-order valence-corrected chi connectivity index (χ1v) is 3.72. The summed E-state index contributed by atoms with van der Waals surface area (Å²) in [5, 5.41) is 8.59. The van der Waals surface area contributed by atoms with E-state index in [1.54, 1.807) is 13.8 Å². The molecular weight excluding hydrogens is 174 g/mol. The van der Waals surface area contributed by atoms with Crippen molar-refractivity contribution < 1.29 is 8.78 Å². The predicted molar refractivity (Wildman–Crippen MR) is 43.4 cm³/mol. The fourth-order valence-corrected chi connectivity index (χ4v) is 1.05. The summed E-state index contributed by atoms with van der Waals surface area (Å²) < 4.78 is 24.6. The van der Waals surface area contributed by atoms with Crippen LogP contribution < -0.4 is 0 Å². The molecule has 0 N–H and O–H groups in total. The van der Waals surface area contributed by atoms with Gasteiger partial charge < -0.3 is 0 Å². The van der Waals surface area contributed by atoms with Crippen LogP contribution in [-0.4, -0.2) is 4.98 Å². The molecule has 0 amide bonds. The maximum Gasteiger partial charge on any atom is 0.280 e. The lowest BCUT2D eigenvalue weighted by Gasteiger charge is -2.07. The van der Waals surface area contributed by atoms with Crippen molar-refractivity contribution >= 4 is 0 Å². The van der Waals surface area contributed by atoms with Crippen molar-refractivity contribution in [3.63, 3.8) is 0 Å². The van der Waals surface area contributed by atoms with E-state index >= 15 is 0 Å². The van der Waals surface area contributed by atoms with E-state index in [-0.39, 0.29) is 5.69 Å². The first-order chi connectivity index (χ1) is 6.07. The van der Waals surface area contributed by atoms with Gasteiger partial charge >= 0.3 is 0 Å². The van der Waals surface area contributed by atoms with Gasteiger partial charge in [-0.3, -0.25) is 4.98 Å². The van der Waals surface area contributed by atoms with Crippen LogP contribution in [0.1, 0.15) is 28.8 Å². The smallest absolute Gasteiger partial charge is 0.254 e. The normalized spacial score (nSPS) is 10.2. The monoisotopic (exact) mass is 182 g/mol. The van der Waals surface area contributed by atoms with Crippen LogP contribution in [-0.2, 0) is 0 Å². The highest BCUT2D eigenvalue weighted by molar-refractivity contribution is 5.41. The third-order valence-electron chi connectivity index (χ3n) is 2.01. The highest BCUT2D eigenvalue weighted by atomic mass is 19.3. The topological polar surface area (TPSA) is 36.7 Å². The van der Waals surface area contributed by atoms with Crippen LogP contribution in [0, 0.1) is 25.2 Å². The Balaban J connectivity index is 3.33. The zero-order valence-electron chi connectivity index (χ0n) is 7.31. The molecule has 1 aromatic heterocycles. The van der Waals surface area contributed by atoms with Crippen LogP contribution in [0.3, 0.4) is 0 Å². The van der Waals surface area contributed by atoms with E-state index in [1.807, 2.05) is 6.07 Å². The number of halogens is 2. The fraction of sp³-hybridized carbons (Fsp3) is 0.333. The molecular formula is C9H8F2N2. The second kappa shape index (κ2) is 3.48. The molecule has 0 aliphatic rings. The molecule has 0 saturated heterocycles. The first-order valence-electron chi connectivity index (χ1n) is 3.72. The van der Waals surface area contributed by atoms with Crippen LogP contribution in [0.5, 0.6) is 0 Å². The van der Waals surface area contributed by atoms with Crippen molar-refractivity contribution in [1.29, 1.82) is 5.26 Å². The van der Waals surface area contributed by atoms with Crippen LogP contribution in [0.25, 0.3) is 0 Å². The Bertz CT molecular complexity index is 367. The number of nitriles is 1. The summed E-state index contributed by atoms with van der Waals surface area (Å²) in [6, 6.07) is 1.89. The summed E-state index contributed by atoms with van der Waals surface area (Å²) in [6.45, 7) is 3.19. The number of nitrogens with zero attached hydrogens (tertiary/aromatic N) is 2. The highest BCUT2D eigenvalue weighted by Crippen LogP contribution is 2.23. The minimum absolute atomic E-state index is 0.239. The fourth-order valence-electron chi connectivity index (χ4n) is 1.05. The number of hydrogen-bond acceptors (Lipinski definition) is 2. The summed E-state index contributed by atoms with van der Waals surface area (Å²) in [6.07, 6.45) is -1.39. The van der Waals surface area contributed by atoms with Gasteiger partial charge in [-0.05, 0) is 25.0 Å². The summed E-state index contributed by atoms with van der Waals surface area (Å²) in [5.74, 6) is 0. The minimum Gasteiger partial charge on any atom is -0.254 e. The van der Waals surface area contributed by atoms with Crippen molar-refractivity contribution in [2.45, 2.75) is 20.3 Å². The Hall–Kier alpha value is -1.50. The lowest BCUT2D eigenvalue weighted by atomic mass is 10.1. The van der Waals surface area contributed by atoms with Gasteiger partial charge in [0.2, 0.25) is 0 Å². The van der Waals surface area contributed by atoms with E-state index in [2.05, 4.69) is 4.98 Å². The lowest BCUT2D eigenvalue weighted by Crippen LogP contribution is -1.99. The SMILES string of the molecule is Cc1c(C#N)cnc(C(F)F)c1C. The van der Waals surface area contributed by atoms with E-state index in [0.717, 1.165) is 0 Å². The zero-order chi connectivity index (χ0) is 10.0. The van der Waals surface area contributed by atoms with Gasteiger partial charge in [0.1, 0.15) is 11.8 Å². The summed E-state index contributed by atoms with van der Waals surface area (Å²) in [7, 11) is 0. The average Bonchev–Trinajstić information content (AvgIpc) is 2.09. The largest absolute Gasteiger partial charge is 0.280 e. The molecule has 0 bridgehead atoms. The van der Waals surface area contributed by atoms with Gasteiger partial charge in [-0.1, -0.05) is 0 Å². The quantitative estimate of drug-likeness (QED) is 0.669. The van der Waals surface area contributed by atoms with Crippen molar-refractivity contribution in [3.05, 3.63) is 28.6 Å². The third-order valence-corrected chi connectivity index (χ3v) is 2.01. The second-order valence-corrected chi connectivity index (χ2v) is 2.72. The third kappa shape index (κ3) is 1.64. The molecule has 0 saturated carbocycles. The summed E-state index contributed by atoms with van der Waals surface area (Å²) >= 11 is 0. The molecule has 68 valence electrons. The molecule has 0 unspecified atom stereocenters. The Labute approximate surface area is 74.8 Å². The molecule has 0 radical (unpaired) electrons. The predicted octanol–water partition coefficient (Wildman–Crippen LogP) is 2.51. The van der Waals surface area contributed by atoms with E-state index < -0.39 is 6.43 Å². The molecule has 0 aliphatic carbocycles. The van der Waals surface area contributed by atoms with E-state index in [9.17, 15) is 8.78 Å². The first kappa shape index (κ1) is 9.59. The van der Waals surface area contributed by atoms with Crippen molar-refractivity contribution in [2.24, 2.45) is 0 Å². The van der Waals surface area contributed by atoms with E-state index in [1.165, 1.54) is 6.20 Å². The molecule has 0 aliphatic heterocycles. The zero-order valence-corrected chi connectivity index (χ0v) is 7.31. The number of rotatable bonds is 1. The molecule has 4 heteroatoms. The number of aromatic nitrogens is 1. The van der Waals surface area contributed by atoms with Crippen LogP contribution in [0.4, 0.5) is 8.78 Å². The molecule has 0 spiro atoms. The van der Waals surface area contributed by atoms with Crippen LogP contribution in [0.15, 0.2) is 6.20 Å². The lowest BCUT2D eigenvalue weighted by molar-refractivity contribution is 0.145. The van der Waals surface area contributed by atoms with Gasteiger partial charge in [0.15, 0.2) is 0 Å². The number of pyridine rings is 1. The Kier molecular flexibility index (Phi) is 2.57. The number of alkyl halides is 2. The van der Waals surface area contributed by atoms with Gasteiger partial charge in [0.25, 0.3) is 6.43 Å². The number of hydrogen-bond donors (Lipinski definition) is 0. The van der Waals surface area contributed by atoms with Crippen molar-refractivity contribution in [2.75, 3.05) is 0 Å². The molecule has 1 aromatic rings. The maximum absolute atomic E-state index is 12.3. The highest BCUT2D eigenvalue weighted by Gasteiger charge is 2.15. The molecule has 1 rings (SSSR count). The molecule has 0 atom stereocenters. The summed E-state index contributed by atoms with van der Waals surface area (Å²) in [4.78, 5) is 3.54. The van der Waals surface area contributed by atoms with Crippen molar-refractivity contribution in [3.8, 4) is 6.07 Å². The molecule has 0 fully saturated rings. The van der Waals surface area contributed by atoms with E-state index in [4.69, 9.17) is 5.26 Å². The maximum atomic E-state index is 12.3. The average molecular weight is 182 g/mol. The van der Waals surface area contributed by atoms with E-state index in [0.29, 0.717) is 16.7 Å².